The Labute approximate surface area is 116 Å². The van der Waals surface area contributed by atoms with Crippen LogP contribution in [0.2, 0.25) is 0 Å². The molecule has 3 nitrogen and oxygen atoms in total. The number of aryl methyl sites for hydroxylation is 1. The Bertz CT molecular complexity index is 438. The van der Waals surface area contributed by atoms with Crippen LogP contribution in [0.1, 0.15) is 68.2 Å². The first-order chi connectivity index (χ1) is 9.31. The molecule has 3 rings (SSSR count). The van der Waals surface area contributed by atoms with E-state index in [1.165, 1.54) is 42.6 Å². The molecule has 0 spiro atoms. The summed E-state index contributed by atoms with van der Waals surface area (Å²) in [6.45, 7) is 6.53. The van der Waals surface area contributed by atoms with E-state index in [2.05, 4.69) is 19.2 Å². The van der Waals surface area contributed by atoms with Crippen LogP contribution in [0.4, 0.5) is 0 Å². The zero-order valence-corrected chi connectivity index (χ0v) is 12.2. The highest BCUT2D eigenvalue weighted by atomic mass is 15.0. The van der Waals surface area contributed by atoms with Gasteiger partial charge in [0, 0.05) is 18.2 Å². The van der Waals surface area contributed by atoms with Crippen molar-refractivity contribution >= 4 is 0 Å². The Hall–Kier alpha value is -0.960. The number of hydrogen-bond acceptors (Lipinski definition) is 3. The monoisotopic (exact) mass is 259 g/mol. The normalized spacial score (nSPS) is 26.4. The molecule has 1 saturated carbocycles. The summed E-state index contributed by atoms with van der Waals surface area (Å²) in [6.07, 6.45) is 7.40. The summed E-state index contributed by atoms with van der Waals surface area (Å²) >= 11 is 0. The van der Waals surface area contributed by atoms with Crippen LogP contribution in [-0.4, -0.2) is 16.5 Å². The van der Waals surface area contributed by atoms with Gasteiger partial charge in [0.05, 0.1) is 5.69 Å². The summed E-state index contributed by atoms with van der Waals surface area (Å²) in [5.74, 6) is 2.64. The molecule has 0 saturated heterocycles. The summed E-state index contributed by atoms with van der Waals surface area (Å²) in [5.41, 5.74) is 4.00. The van der Waals surface area contributed by atoms with Crippen LogP contribution in [0.25, 0.3) is 0 Å². The predicted molar refractivity (Wildman–Crippen MR) is 77.2 cm³/mol. The van der Waals surface area contributed by atoms with Gasteiger partial charge < -0.3 is 5.32 Å². The molecule has 1 aromatic heterocycles. The summed E-state index contributed by atoms with van der Waals surface area (Å²) in [5, 5.41) is 3.44. The maximum absolute atomic E-state index is 4.92. The van der Waals surface area contributed by atoms with E-state index in [4.69, 9.17) is 9.97 Å². The smallest absolute Gasteiger partial charge is 0.132 e. The van der Waals surface area contributed by atoms with Gasteiger partial charge in [0.2, 0.25) is 0 Å². The fourth-order valence-corrected chi connectivity index (χ4v) is 3.61. The molecule has 2 heterocycles. The second-order valence-corrected chi connectivity index (χ2v) is 6.02. The standard InChI is InChI=1S/C16H25N3/c1-3-11-5-6-12(9-11)16-18-14(4-2)13-7-8-17-10-15(13)19-16/h11-12,17H,3-10H2,1-2H3. The number of rotatable bonds is 3. The molecular weight excluding hydrogens is 234 g/mol. The Kier molecular flexibility index (Phi) is 3.83. The minimum atomic E-state index is 0.613. The maximum atomic E-state index is 4.92. The van der Waals surface area contributed by atoms with Crippen molar-refractivity contribution in [3.63, 3.8) is 0 Å². The zero-order valence-electron chi connectivity index (χ0n) is 12.2. The van der Waals surface area contributed by atoms with Gasteiger partial charge in [-0.15, -0.1) is 0 Å². The van der Waals surface area contributed by atoms with E-state index >= 15 is 0 Å². The van der Waals surface area contributed by atoms with E-state index in [-0.39, 0.29) is 0 Å². The van der Waals surface area contributed by atoms with Crippen LogP contribution < -0.4 is 5.32 Å². The second kappa shape index (κ2) is 5.58. The molecule has 0 bridgehead atoms. The van der Waals surface area contributed by atoms with E-state index in [0.717, 1.165) is 37.7 Å². The molecule has 2 aliphatic rings. The highest BCUT2D eigenvalue weighted by molar-refractivity contribution is 5.29. The molecule has 1 N–H and O–H groups in total. The van der Waals surface area contributed by atoms with E-state index in [0.29, 0.717) is 5.92 Å². The van der Waals surface area contributed by atoms with Crippen molar-refractivity contribution in [3.05, 3.63) is 22.8 Å². The average molecular weight is 259 g/mol. The molecule has 2 unspecified atom stereocenters. The minimum Gasteiger partial charge on any atom is -0.311 e. The molecule has 0 amide bonds. The molecule has 19 heavy (non-hydrogen) atoms. The molecule has 3 heteroatoms. The first-order valence-electron chi connectivity index (χ1n) is 7.91. The lowest BCUT2D eigenvalue weighted by Gasteiger charge is -2.21. The van der Waals surface area contributed by atoms with Crippen LogP contribution in [0.5, 0.6) is 0 Å². The first-order valence-corrected chi connectivity index (χ1v) is 7.91. The van der Waals surface area contributed by atoms with E-state index in [1.807, 2.05) is 0 Å². The van der Waals surface area contributed by atoms with Gasteiger partial charge in [-0.3, -0.25) is 0 Å². The molecule has 1 fully saturated rings. The number of aromatic nitrogens is 2. The third-order valence-corrected chi connectivity index (χ3v) is 4.86. The first kappa shape index (κ1) is 13.0. The maximum Gasteiger partial charge on any atom is 0.132 e. The van der Waals surface area contributed by atoms with Crippen molar-refractivity contribution in [2.75, 3.05) is 6.54 Å². The van der Waals surface area contributed by atoms with Gasteiger partial charge in [0.1, 0.15) is 5.82 Å². The number of hydrogen-bond donors (Lipinski definition) is 1. The van der Waals surface area contributed by atoms with Gasteiger partial charge in [-0.1, -0.05) is 20.3 Å². The van der Waals surface area contributed by atoms with Gasteiger partial charge in [0.25, 0.3) is 0 Å². The molecule has 1 aliphatic carbocycles. The summed E-state index contributed by atoms with van der Waals surface area (Å²) < 4.78 is 0. The Morgan fingerprint density at radius 3 is 2.84 bits per heavy atom. The highest BCUT2D eigenvalue weighted by Crippen LogP contribution is 2.38. The van der Waals surface area contributed by atoms with Gasteiger partial charge in [-0.25, -0.2) is 9.97 Å². The topological polar surface area (TPSA) is 37.8 Å². The lowest BCUT2D eigenvalue weighted by atomic mass is 9.99. The summed E-state index contributed by atoms with van der Waals surface area (Å²) in [7, 11) is 0. The predicted octanol–water partition coefficient (Wildman–Crippen LogP) is 2.98. The van der Waals surface area contributed by atoms with Crippen molar-refractivity contribution in [2.24, 2.45) is 5.92 Å². The van der Waals surface area contributed by atoms with E-state index in [1.54, 1.807) is 0 Å². The largest absolute Gasteiger partial charge is 0.311 e. The fourth-order valence-electron chi connectivity index (χ4n) is 3.61. The van der Waals surface area contributed by atoms with Gasteiger partial charge in [-0.2, -0.15) is 0 Å². The molecular formula is C16H25N3. The number of nitrogens with zero attached hydrogens (tertiary/aromatic N) is 2. The second-order valence-electron chi connectivity index (χ2n) is 6.02. The zero-order chi connectivity index (χ0) is 13.2. The summed E-state index contributed by atoms with van der Waals surface area (Å²) in [4.78, 5) is 9.82. The number of nitrogens with one attached hydrogen (secondary N) is 1. The van der Waals surface area contributed by atoms with Crippen LogP contribution in [0.3, 0.4) is 0 Å². The fraction of sp³-hybridized carbons (Fsp3) is 0.750. The summed E-state index contributed by atoms with van der Waals surface area (Å²) in [6, 6.07) is 0. The van der Waals surface area contributed by atoms with E-state index < -0.39 is 0 Å². The lowest BCUT2D eigenvalue weighted by Crippen LogP contribution is -2.27. The molecule has 104 valence electrons. The van der Waals surface area contributed by atoms with Gasteiger partial charge >= 0.3 is 0 Å². The quantitative estimate of drug-likeness (QED) is 0.907. The molecule has 0 aromatic carbocycles. The lowest BCUT2D eigenvalue weighted by molar-refractivity contribution is 0.513. The Morgan fingerprint density at radius 1 is 1.21 bits per heavy atom. The van der Waals surface area contributed by atoms with Gasteiger partial charge in [-0.05, 0) is 50.1 Å². The van der Waals surface area contributed by atoms with Gasteiger partial charge in [0.15, 0.2) is 0 Å². The minimum absolute atomic E-state index is 0.613. The Balaban J connectivity index is 1.90. The molecule has 2 atom stereocenters. The molecule has 0 radical (unpaired) electrons. The highest BCUT2D eigenvalue weighted by Gasteiger charge is 2.28. The molecule has 1 aliphatic heterocycles. The van der Waals surface area contributed by atoms with Crippen molar-refractivity contribution in [1.82, 2.24) is 15.3 Å². The average Bonchev–Trinajstić information content (AvgIpc) is 2.95. The van der Waals surface area contributed by atoms with Crippen LogP contribution >= 0.6 is 0 Å². The third kappa shape index (κ3) is 2.53. The van der Waals surface area contributed by atoms with Crippen molar-refractivity contribution in [1.29, 1.82) is 0 Å². The van der Waals surface area contributed by atoms with Crippen LogP contribution in [0.15, 0.2) is 0 Å². The third-order valence-electron chi connectivity index (χ3n) is 4.86. The Morgan fingerprint density at radius 2 is 2.11 bits per heavy atom. The molecule has 1 aromatic rings. The van der Waals surface area contributed by atoms with Crippen molar-refractivity contribution < 1.29 is 0 Å². The number of fused-ring (bicyclic) bond motifs is 1. The van der Waals surface area contributed by atoms with Crippen LogP contribution in [0, 0.1) is 5.92 Å². The van der Waals surface area contributed by atoms with Crippen LogP contribution in [-0.2, 0) is 19.4 Å². The van der Waals surface area contributed by atoms with Crippen molar-refractivity contribution in [3.8, 4) is 0 Å². The van der Waals surface area contributed by atoms with E-state index in [9.17, 15) is 0 Å². The SMILES string of the molecule is CCc1nc(C2CCC(CC)C2)nc2c1CCNC2. The van der Waals surface area contributed by atoms with Crippen molar-refractivity contribution in [2.45, 2.75) is 64.8 Å².